The van der Waals surface area contributed by atoms with Crippen LogP contribution in [-0.2, 0) is 16.0 Å². The van der Waals surface area contributed by atoms with Crippen LogP contribution in [0.3, 0.4) is 0 Å². The van der Waals surface area contributed by atoms with E-state index >= 15 is 0 Å². The first-order valence-electron chi connectivity index (χ1n) is 8.61. The average Bonchev–Trinajstić information content (AvgIpc) is 2.86. The summed E-state index contributed by atoms with van der Waals surface area (Å²) in [5.41, 5.74) is 0.607. The van der Waals surface area contributed by atoms with E-state index in [0.29, 0.717) is 23.6 Å². The summed E-state index contributed by atoms with van der Waals surface area (Å²) >= 11 is 5.81. The van der Waals surface area contributed by atoms with Crippen LogP contribution < -0.4 is 10.6 Å². The maximum absolute atomic E-state index is 12.7. The van der Waals surface area contributed by atoms with Crippen LogP contribution >= 0.6 is 11.6 Å². The van der Waals surface area contributed by atoms with Gasteiger partial charge in [-0.1, -0.05) is 41.9 Å². The van der Waals surface area contributed by atoms with Gasteiger partial charge in [0, 0.05) is 10.7 Å². The van der Waals surface area contributed by atoms with E-state index in [0.717, 1.165) is 10.5 Å². The first kappa shape index (κ1) is 18.9. The molecule has 6 nitrogen and oxygen atoms in total. The number of halogens is 1. The molecule has 2 N–H and O–H groups in total. The summed E-state index contributed by atoms with van der Waals surface area (Å²) in [7, 11) is 0. The molecular formula is C20H20ClN3O3. The van der Waals surface area contributed by atoms with Gasteiger partial charge in [-0.3, -0.25) is 14.5 Å². The molecule has 0 radical (unpaired) electrons. The molecule has 3 rings (SSSR count). The van der Waals surface area contributed by atoms with Gasteiger partial charge in [0.1, 0.15) is 12.1 Å². The van der Waals surface area contributed by atoms with Crippen molar-refractivity contribution in [1.82, 2.24) is 10.2 Å². The van der Waals surface area contributed by atoms with E-state index in [-0.39, 0.29) is 6.54 Å². The Labute approximate surface area is 162 Å². The Hall–Kier alpha value is -2.86. The van der Waals surface area contributed by atoms with E-state index in [1.54, 1.807) is 31.2 Å². The molecule has 0 aliphatic carbocycles. The normalized spacial score (nSPS) is 19.1. The first-order valence-corrected chi connectivity index (χ1v) is 8.99. The molecule has 1 aliphatic heterocycles. The summed E-state index contributed by atoms with van der Waals surface area (Å²) in [6.07, 6.45) is 1.10. The topological polar surface area (TPSA) is 78.5 Å². The fourth-order valence-electron chi connectivity index (χ4n) is 2.98. The van der Waals surface area contributed by atoms with Gasteiger partial charge in [-0.2, -0.15) is 0 Å². The summed E-state index contributed by atoms with van der Waals surface area (Å²) in [5.74, 6) is -0.845. The van der Waals surface area contributed by atoms with Gasteiger partial charge in [0.05, 0.1) is 0 Å². The fourth-order valence-corrected chi connectivity index (χ4v) is 3.10. The Morgan fingerprint density at radius 1 is 1.11 bits per heavy atom. The van der Waals surface area contributed by atoms with E-state index < -0.39 is 23.4 Å². The van der Waals surface area contributed by atoms with Gasteiger partial charge in [0.15, 0.2) is 0 Å². The second kappa shape index (κ2) is 7.80. The van der Waals surface area contributed by atoms with Crippen LogP contribution in [0.1, 0.15) is 18.9 Å². The lowest BCUT2D eigenvalue weighted by Gasteiger charge is -2.21. The summed E-state index contributed by atoms with van der Waals surface area (Å²) < 4.78 is 0. The lowest BCUT2D eigenvalue weighted by molar-refractivity contribution is -0.133. The Morgan fingerprint density at radius 2 is 1.78 bits per heavy atom. The van der Waals surface area contributed by atoms with Crippen molar-refractivity contribution in [2.24, 2.45) is 0 Å². The highest BCUT2D eigenvalue weighted by Crippen LogP contribution is 2.23. The van der Waals surface area contributed by atoms with Crippen molar-refractivity contribution in [1.29, 1.82) is 0 Å². The number of nitrogens with zero attached hydrogens (tertiary/aromatic N) is 1. The third-order valence-corrected chi connectivity index (χ3v) is 4.78. The van der Waals surface area contributed by atoms with Crippen LogP contribution in [0.2, 0.25) is 5.02 Å². The van der Waals surface area contributed by atoms with Crippen LogP contribution in [0.5, 0.6) is 0 Å². The predicted octanol–water partition coefficient (Wildman–Crippen LogP) is 3.22. The number of benzene rings is 2. The Bertz CT molecular complexity index is 855. The lowest BCUT2D eigenvalue weighted by atomic mass is 9.93. The van der Waals surface area contributed by atoms with Crippen molar-refractivity contribution in [3.8, 4) is 0 Å². The molecule has 1 heterocycles. The first-order chi connectivity index (χ1) is 12.9. The molecular weight excluding hydrogens is 366 g/mol. The number of amides is 4. The van der Waals surface area contributed by atoms with E-state index in [1.165, 1.54) is 0 Å². The standard InChI is InChI=1S/C20H20ClN3O3/c1-20(12-11-14-5-3-2-4-6-14)18(26)24(19(27)23-20)13-17(25)22-16-9-7-15(21)8-10-16/h2-10H,11-13H2,1H3,(H,22,25)(H,23,27). The number of carbonyl (C=O) groups excluding carboxylic acids is 3. The predicted molar refractivity (Wildman–Crippen MR) is 103 cm³/mol. The number of imide groups is 1. The molecule has 0 spiro atoms. The molecule has 7 heteroatoms. The van der Waals surface area contributed by atoms with E-state index in [9.17, 15) is 14.4 Å². The number of aryl methyl sites for hydroxylation is 1. The fraction of sp³-hybridized carbons (Fsp3) is 0.250. The number of nitrogens with one attached hydrogen (secondary N) is 2. The van der Waals surface area contributed by atoms with Crippen molar-refractivity contribution in [3.63, 3.8) is 0 Å². The molecule has 1 fully saturated rings. The molecule has 0 bridgehead atoms. The Kier molecular flexibility index (Phi) is 5.46. The molecule has 1 saturated heterocycles. The summed E-state index contributed by atoms with van der Waals surface area (Å²) in [4.78, 5) is 38.1. The smallest absolute Gasteiger partial charge is 0.325 e. The van der Waals surface area contributed by atoms with Crippen molar-refractivity contribution < 1.29 is 14.4 Å². The summed E-state index contributed by atoms with van der Waals surface area (Å²) in [6.45, 7) is 1.35. The SMILES string of the molecule is CC1(CCc2ccccc2)NC(=O)N(CC(=O)Nc2ccc(Cl)cc2)C1=O. The number of hydrogen-bond acceptors (Lipinski definition) is 3. The molecule has 0 aromatic heterocycles. The quantitative estimate of drug-likeness (QED) is 0.749. The minimum absolute atomic E-state index is 0.339. The number of urea groups is 1. The molecule has 27 heavy (non-hydrogen) atoms. The molecule has 140 valence electrons. The van der Waals surface area contributed by atoms with Crippen molar-refractivity contribution >= 4 is 35.1 Å². The molecule has 1 aliphatic rings. The second-order valence-corrected chi connectivity index (χ2v) is 7.13. The van der Waals surface area contributed by atoms with Gasteiger partial charge in [-0.15, -0.1) is 0 Å². The Morgan fingerprint density at radius 3 is 2.44 bits per heavy atom. The van der Waals surface area contributed by atoms with Crippen LogP contribution in [0.4, 0.5) is 10.5 Å². The Balaban J connectivity index is 1.61. The van der Waals surface area contributed by atoms with Gasteiger partial charge in [0.2, 0.25) is 5.91 Å². The molecule has 4 amide bonds. The second-order valence-electron chi connectivity index (χ2n) is 6.69. The van der Waals surface area contributed by atoms with Crippen molar-refractivity contribution in [3.05, 3.63) is 65.2 Å². The minimum Gasteiger partial charge on any atom is -0.325 e. The zero-order chi connectivity index (χ0) is 19.4. The maximum Gasteiger partial charge on any atom is 0.325 e. The van der Waals surface area contributed by atoms with Crippen LogP contribution in [0.25, 0.3) is 0 Å². The number of carbonyl (C=O) groups is 3. The van der Waals surface area contributed by atoms with Crippen LogP contribution in [0, 0.1) is 0 Å². The highest BCUT2D eigenvalue weighted by atomic mass is 35.5. The van der Waals surface area contributed by atoms with Crippen LogP contribution in [0.15, 0.2) is 54.6 Å². The van der Waals surface area contributed by atoms with E-state index in [4.69, 9.17) is 11.6 Å². The van der Waals surface area contributed by atoms with Gasteiger partial charge < -0.3 is 10.6 Å². The van der Waals surface area contributed by atoms with Crippen LogP contribution in [-0.4, -0.2) is 34.8 Å². The molecule has 1 atom stereocenters. The molecule has 2 aromatic rings. The van der Waals surface area contributed by atoms with E-state index in [2.05, 4.69) is 10.6 Å². The monoisotopic (exact) mass is 385 g/mol. The number of rotatable bonds is 6. The maximum atomic E-state index is 12.7. The van der Waals surface area contributed by atoms with Gasteiger partial charge >= 0.3 is 6.03 Å². The molecule has 0 saturated carbocycles. The van der Waals surface area contributed by atoms with Crippen molar-refractivity contribution in [2.45, 2.75) is 25.3 Å². The number of anilines is 1. The summed E-state index contributed by atoms with van der Waals surface area (Å²) in [6, 6.07) is 15.8. The zero-order valence-corrected chi connectivity index (χ0v) is 15.6. The van der Waals surface area contributed by atoms with E-state index in [1.807, 2.05) is 30.3 Å². The highest BCUT2D eigenvalue weighted by Gasteiger charge is 2.47. The lowest BCUT2D eigenvalue weighted by Crippen LogP contribution is -2.45. The average molecular weight is 386 g/mol. The molecule has 2 aromatic carbocycles. The number of hydrogen-bond donors (Lipinski definition) is 2. The third kappa shape index (κ3) is 4.46. The summed E-state index contributed by atoms with van der Waals surface area (Å²) in [5, 5.41) is 5.92. The minimum atomic E-state index is -1.02. The van der Waals surface area contributed by atoms with Gasteiger partial charge in [-0.05, 0) is 49.6 Å². The van der Waals surface area contributed by atoms with Gasteiger partial charge in [0.25, 0.3) is 5.91 Å². The zero-order valence-electron chi connectivity index (χ0n) is 14.9. The third-order valence-electron chi connectivity index (χ3n) is 4.53. The van der Waals surface area contributed by atoms with Crippen molar-refractivity contribution in [2.75, 3.05) is 11.9 Å². The van der Waals surface area contributed by atoms with Gasteiger partial charge in [-0.25, -0.2) is 4.79 Å². The largest absolute Gasteiger partial charge is 0.325 e. The molecule has 1 unspecified atom stereocenters. The highest BCUT2D eigenvalue weighted by molar-refractivity contribution is 6.30.